The van der Waals surface area contributed by atoms with Crippen molar-refractivity contribution in [1.29, 1.82) is 0 Å². The van der Waals surface area contributed by atoms with E-state index in [0.717, 1.165) is 11.5 Å². The maximum Gasteiger partial charge on any atom is 0.0160 e. The van der Waals surface area contributed by atoms with Crippen LogP contribution in [-0.2, 0) is 11.5 Å². The van der Waals surface area contributed by atoms with Gasteiger partial charge in [0.2, 0.25) is 0 Å². The molecule has 0 nitrogen and oxygen atoms in total. The van der Waals surface area contributed by atoms with Gasteiger partial charge in [-0.2, -0.15) is 25.3 Å². The van der Waals surface area contributed by atoms with E-state index in [2.05, 4.69) is 61.7 Å². The van der Waals surface area contributed by atoms with Gasteiger partial charge < -0.3 is 0 Å². The fourth-order valence-electron chi connectivity index (χ4n) is 1.68. The van der Waals surface area contributed by atoms with Crippen LogP contribution in [0.1, 0.15) is 11.1 Å². The van der Waals surface area contributed by atoms with Crippen LogP contribution >= 0.6 is 25.3 Å². The van der Waals surface area contributed by atoms with Crippen LogP contribution in [0.25, 0.3) is 10.8 Å². The van der Waals surface area contributed by atoms with E-state index >= 15 is 0 Å². The molecular formula is C12H12S2. The van der Waals surface area contributed by atoms with Crippen molar-refractivity contribution in [3.05, 3.63) is 47.5 Å². The minimum absolute atomic E-state index is 0.780. The Bertz CT molecular complexity index is 449. The molecule has 0 amide bonds. The maximum absolute atomic E-state index is 4.35. The molecule has 0 aliphatic heterocycles. The quantitative estimate of drug-likeness (QED) is 0.708. The number of rotatable bonds is 2. The van der Waals surface area contributed by atoms with Gasteiger partial charge in [-0.1, -0.05) is 36.4 Å². The van der Waals surface area contributed by atoms with Crippen LogP contribution in [0.2, 0.25) is 0 Å². The van der Waals surface area contributed by atoms with Gasteiger partial charge in [-0.25, -0.2) is 0 Å². The summed E-state index contributed by atoms with van der Waals surface area (Å²) in [6.07, 6.45) is 0. The Morgan fingerprint density at radius 3 is 2.43 bits per heavy atom. The molecule has 0 saturated carbocycles. The molecule has 0 N–H and O–H groups in total. The smallest absolute Gasteiger partial charge is 0.0160 e. The molecule has 0 fully saturated rings. The van der Waals surface area contributed by atoms with Crippen molar-refractivity contribution in [3.8, 4) is 0 Å². The third-order valence-electron chi connectivity index (χ3n) is 2.36. The van der Waals surface area contributed by atoms with Gasteiger partial charge >= 0.3 is 0 Å². The van der Waals surface area contributed by atoms with Gasteiger partial charge in [-0.05, 0) is 21.9 Å². The van der Waals surface area contributed by atoms with Gasteiger partial charge in [-0.3, -0.25) is 0 Å². The van der Waals surface area contributed by atoms with Gasteiger partial charge in [0.25, 0.3) is 0 Å². The summed E-state index contributed by atoms with van der Waals surface area (Å²) < 4.78 is 0. The van der Waals surface area contributed by atoms with Crippen molar-refractivity contribution >= 4 is 36.0 Å². The lowest BCUT2D eigenvalue weighted by molar-refractivity contribution is 1.38. The Labute approximate surface area is 95.2 Å². The van der Waals surface area contributed by atoms with Crippen LogP contribution < -0.4 is 0 Å². The summed E-state index contributed by atoms with van der Waals surface area (Å²) in [6, 6.07) is 12.8. The first-order chi connectivity index (χ1) is 6.85. The van der Waals surface area contributed by atoms with Crippen LogP contribution in [0.4, 0.5) is 0 Å². The lowest BCUT2D eigenvalue weighted by Crippen LogP contribution is -1.86. The molecule has 0 aromatic heterocycles. The predicted octanol–water partition coefficient (Wildman–Crippen LogP) is 3.70. The van der Waals surface area contributed by atoms with Crippen LogP contribution in [0.5, 0.6) is 0 Å². The Kier molecular flexibility index (Phi) is 3.04. The normalized spacial score (nSPS) is 10.7. The van der Waals surface area contributed by atoms with Gasteiger partial charge in [0.1, 0.15) is 0 Å². The number of benzene rings is 2. The molecule has 2 rings (SSSR count). The molecular weight excluding hydrogens is 208 g/mol. The van der Waals surface area contributed by atoms with E-state index < -0.39 is 0 Å². The molecule has 0 aliphatic carbocycles. The summed E-state index contributed by atoms with van der Waals surface area (Å²) >= 11 is 8.64. The molecule has 0 unspecified atom stereocenters. The zero-order valence-electron chi connectivity index (χ0n) is 7.77. The molecule has 0 heterocycles. The first-order valence-corrected chi connectivity index (χ1v) is 5.84. The molecule has 0 radical (unpaired) electrons. The fourth-order valence-corrected chi connectivity index (χ4v) is 2.12. The zero-order chi connectivity index (χ0) is 9.97. The molecule has 2 heteroatoms. The van der Waals surface area contributed by atoms with Crippen LogP contribution in [0.3, 0.4) is 0 Å². The highest BCUT2D eigenvalue weighted by atomic mass is 32.1. The van der Waals surface area contributed by atoms with E-state index in [1.807, 2.05) is 0 Å². The average Bonchev–Trinajstić information content (AvgIpc) is 2.27. The zero-order valence-corrected chi connectivity index (χ0v) is 9.56. The molecule has 14 heavy (non-hydrogen) atoms. The molecule has 2 aromatic rings. The summed E-state index contributed by atoms with van der Waals surface area (Å²) in [5.41, 5.74) is 2.55. The summed E-state index contributed by atoms with van der Waals surface area (Å²) in [7, 11) is 0. The van der Waals surface area contributed by atoms with Crippen molar-refractivity contribution in [2.24, 2.45) is 0 Å². The summed E-state index contributed by atoms with van der Waals surface area (Å²) in [5.74, 6) is 1.56. The summed E-state index contributed by atoms with van der Waals surface area (Å²) in [5, 5.41) is 2.58. The molecule has 0 spiro atoms. The Balaban J connectivity index is 2.73. The molecule has 0 saturated heterocycles. The van der Waals surface area contributed by atoms with Gasteiger partial charge in [-0.15, -0.1) is 0 Å². The summed E-state index contributed by atoms with van der Waals surface area (Å²) in [6.45, 7) is 0. The van der Waals surface area contributed by atoms with Crippen molar-refractivity contribution in [2.45, 2.75) is 11.5 Å². The lowest BCUT2D eigenvalue weighted by atomic mass is 10.0. The van der Waals surface area contributed by atoms with E-state index in [4.69, 9.17) is 0 Å². The van der Waals surface area contributed by atoms with Crippen molar-refractivity contribution < 1.29 is 0 Å². The number of fused-ring (bicyclic) bond motifs is 1. The second-order valence-electron chi connectivity index (χ2n) is 3.29. The van der Waals surface area contributed by atoms with E-state index in [1.54, 1.807) is 0 Å². The van der Waals surface area contributed by atoms with Gasteiger partial charge in [0.05, 0.1) is 0 Å². The number of thiol groups is 2. The van der Waals surface area contributed by atoms with Crippen LogP contribution in [-0.4, -0.2) is 0 Å². The van der Waals surface area contributed by atoms with Crippen LogP contribution in [0.15, 0.2) is 36.4 Å². The Morgan fingerprint density at radius 1 is 0.929 bits per heavy atom. The first kappa shape index (κ1) is 9.94. The molecule has 2 aromatic carbocycles. The van der Waals surface area contributed by atoms with Gasteiger partial charge in [0.15, 0.2) is 0 Å². The molecule has 0 bridgehead atoms. The van der Waals surface area contributed by atoms with Crippen LogP contribution in [0, 0.1) is 0 Å². The third kappa shape index (κ3) is 1.77. The minimum Gasteiger partial charge on any atom is -0.175 e. The fraction of sp³-hybridized carbons (Fsp3) is 0.167. The standard InChI is InChI=1S/C12H12S2/c13-7-9-5-10-3-1-2-4-12(10)11(6-9)8-14/h1-6,13-14H,7-8H2. The van der Waals surface area contributed by atoms with E-state index in [9.17, 15) is 0 Å². The number of hydrogen-bond donors (Lipinski definition) is 2. The molecule has 0 aliphatic rings. The van der Waals surface area contributed by atoms with E-state index in [1.165, 1.54) is 21.9 Å². The Morgan fingerprint density at radius 2 is 1.71 bits per heavy atom. The average molecular weight is 220 g/mol. The van der Waals surface area contributed by atoms with Crippen molar-refractivity contribution in [2.75, 3.05) is 0 Å². The third-order valence-corrected chi connectivity index (χ3v) is 3.07. The predicted molar refractivity (Wildman–Crippen MR) is 69.3 cm³/mol. The van der Waals surface area contributed by atoms with Crippen molar-refractivity contribution in [3.63, 3.8) is 0 Å². The second-order valence-corrected chi connectivity index (χ2v) is 3.92. The van der Waals surface area contributed by atoms with Gasteiger partial charge in [0, 0.05) is 11.5 Å². The lowest BCUT2D eigenvalue weighted by Gasteiger charge is -2.06. The molecule has 72 valence electrons. The first-order valence-electron chi connectivity index (χ1n) is 4.57. The highest BCUT2D eigenvalue weighted by Crippen LogP contribution is 2.23. The van der Waals surface area contributed by atoms with Crippen molar-refractivity contribution in [1.82, 2.24) is 0 Å². The largest absolute Gasteiger partial charge is 0.175 e. The monoisotopic (exact) mass is 220 g/mol. The highest BCUT2D eigenvalue weighted by Gasteiger charge is 2.01. The minimum atomic E-state index is 0.780. The number of hydrogen-bond acceptors (Lipinski definition) is 2. The topological polar surface area (TPSA) is 0 Å². The Hall–Kier alpha value is -0.600. The summed E-state index contributed by atoms with van der Waals surface area (Å²) in [4.78, 5) is 0. The van der Waals surface area contributed by atoms with E-state index in [0.29, 0.717) is 0 Å². The molecule has 0 atom stereocenters. The SMILES string of the molecule is SCc1cc(CS)c2ccccc2c1. The highest BCUT2D eigenvalue weighted by molar-refractivity contribution is 7.79. The van der Waals surface area contributed by atoms with E-state index in [-0.39, 0.29) is 0 Å². The maximum atomic E-state index is 4.35. The second kappa shape index (κ2) is 4.28.